The Morgan fingerprint density at radius 3 is 2.96 bits per heavy atom. The van der Waals surface area contributed by atoms with Gasteiger partial charge < -0.3 is 9.53 Å². The van der Waals surface area contributed by atoms with E-state index in [4.69, 9.17) is 9.73 Å². The number of carbonyl (C=O) groups is 2. The number of carbonyl (C=O) groups excluding carboxylic acids is 2. The zero-order valence-corrected chi connectivity index (χ0v) is 15.0. The monoisotopic (exact) mass is 350 g/mol. The van der Waals surface area contributed by atoms with Crippen LogP contribution in [0.3, 0.4) is 0 Å². The van der Waals surface area contributed by atoms with E-state index in [1.54, 1.807) is 0 Å². The van der Waals surface area contributed by atoms with Crippen molar-refractivity contribution in [2.45, 2.75) is 56.3 Å². The van der Waals surface area contributed by atoms with E-state index < -0.39 is 0 Å². The number of hydrogen-bond donors (Lipinski definition) is 0. The molecule has 1 aromatic rings. The first-order valence-electron chi connectivity index (χ1n) is 9.66. The van der Waals surface area contributed by atoms with Gasteiger partial charge in [0, 0.05) is 30.8 Å². The summed E-state index contributed by atoms with van der Waals surface area (Å²) in [6.07, 6.45) is 2.85. The molecule has 5 fully saturated rings. The number of ether oxygens (including phenoxy) is 1. The van der Waals surface area contributed by atoms with Crippen molar-refractivity contribution < 1.29 is 14.3 Å². The van der Waals surface area contributed by atoms with Gasteiger partial charge in [-0.2, -0.15) is 0 Å². The van der Waals surface area contributed by atoms with Crippen molar-refractivity contribution in [1.82, 2.24) is 4.90 Å². The van der Waals surface area contributed by atoms with Crippen LogP contribution in [-0.4, -0.2) is 47.1 Å². The van der Waals surface area contributed by atoms with Gasteiger partial charge in [-0.3, -0.25) is 14.7 Å². The van der Waals surface area contributed by atoms with Crippen LogP contribution in [-0.2, 0) is 19.7 Å². The quantitative estimate of drug-likeness (QED) is 0.606. The normalized spacial score (nSPS) is 48.8. The lowest BCUT2D eigenvalue weighted by Gasteiger charge is -2.60. The van der Waals surface area contributed by atoms with Crippen LogP contribution in [0.5, 0.6) is 0 Å². The number of piperidine rings is 4. The van der Waals surface area contributed by atoms with Crippen molar-refractivity contribution in [1.29, 1.82) is 0 Å². The van der Waals surface area contributed by atoms with Crippen LogP contribution in [0.15, 0.2) is 29.3 Å². The van der Waals surface area contributed by atoms with Crippen LogP contribution in [0.25, 0.3) is 0 Å². The Kier molecular flexibility index (Phi) is 2.69. The molecule has 5 aliphatic heterocycles. The molecule has 1 aliphatic carbocycles. The predicted octanol–water partition coefficient (Wildman–Crippen LogP) is 2.25. The van der Waals surface area contributed by atoms with Gasteiger partial charge in [0.1, 0.15) is 12.4 Å². The molecule has 26 heavy (non-hydrogen) atoms. The second-order valence-electron chi connectivity index (χ2n) is 8.68. The summed E-state index contributed by atoms with van der Waals surface area (Å²) in [6.45, 7) is 3.69. The van der Waals surface area contributed by atoms with Crippen LogP contribution >= 0.6 is 0 Å². The van der Waals surface area contributed by atoms with Gasteiger partial charge >= 0.3 is 5.97 Å². The van der Waals surface area contributed by atoms with Crippen molar-refractivity contribution in [2.24, 2.45) is 22.7 Å². The number of esters is 1. The first-order valence-corrected chi connectivity index (χ1v) is 9.66. The number of fused-ring (bicyclic) bond motifs is 2. The van der Waals surface area contributed by atoms with Gasteiger partial charge in [0.15, 0.2) is 0 Å². The number of rotatable bonds is 2. The first-order chi connectivity index (χ1) is 12.6. The van der Waals surface area contributed by atoms with Gasteiger partial charge in [0.2, 0.25) is 0 Å². The molecule has 7 rings (SSSR count). The van der Waals surface area contributed by atoms with E-state index >= 15 is 0 Å². The van der Waals surface area contributed by atoms with Crippen LogP contribution in [0, 0.1) is 17.8 Å². The Morgan fingerprint density at radius 2 is 2.19 bits per heavy atom. The summed E-state index contributed by atoms with van der Waals surface area (Å²) in [5, 5.41) is 0. The third-order valence-electron chi connectivity index (χ3n) is 7.91. The van der Waals surface area contributed by atoms with E-state index in [1.807, 2.05) is 6.07 Å². The molecule has 1 aromatic carbocycles. The first kappa shape index (κ1) is 15.1. The number of aldehydes is 1. The standard InChI is InChI=1S/C21H22N2O3/c1-10-13(9-24)12-7-16-19-21(14-5-3-4-6-15(14)22-19)8-17(23(10)16)18(12)20(21)26-11(2)25/h3-6,9-10,12-13,16-18,20H,7-8H2,1-2H3/t10-,12?,13-,16-,17-,18?,20+,21-/m0/s1. The second-order valence-corrected chi connectivity index (χ2v) is 8.68. The lowest BCUT2D eigenvalue weighted by atomic mass is 9.62. The molecule has 0 amide bonds. The summed E-state index contributed by atoms with van der Waals surface area (Å²) in [4.78, 5) is 31.5. The zero-order chi connectivity index (χ0) is 17.8. The lowest BCUT2D eigenvalue weighted by Crippen LogP contribution is -2.69. The predicted molar refractivity (Wildman–Crippen MR) is 95.4 cm³/mol. The van der Waals surface area contributed by atoms with Gasteiger partial charge in [-0.25, -0.2) is 0 Å². The zero-order valence-electron chi connectivity index (χ0n) is 15.0. The summed E-state index contributed by atoms with van der Waals surface area (Å²) < 4.78 is 6.04. The minimum Gasteiger partial charge on any atom is -0.461 e. The molecule has 5 heterocycles. The fraction of sp³-hybridized carbons (Fsp3) is 0.571. The number of hydrogen-bond acceptors (Lipinski definition) is 5. The van der Waals surface area contributed by atoms with Crippen molar-refractivity contribution in [3.63, 3.8) is 0 Å². The topological polar surface area (TPSA) is 59.0 Å². The molecule has 5 bridgehead atoms. The Bertz CT molecular complexity index is 880. The summed E-state index contributed by atoms with van der Waals surface area (Å²) >= 11 is 0. The van der Waals surface area contributed by atoms with E-state index in [-0.39, 0.29) is 47.3 Å². The highest BCUT2D eigenvalue weighted by molar-refractivity contribution is 6.08. The molecule has 0 N–H and O–H groups in total. The van der Waals surface area contributed by atoms with Crippen LogP contribution in [0.4, 0.5) is 5.69 Å². The molecule has 0 radical (unpaired) electrons. The highest BCUT2D eigenvalue weighted by Gasteiger charge is 2.75. The highest BCUT2D eigenvalue weighted by atomic mass is 16.5. The molecule has 9 atom stereocenters. The fourth-order valence-corrected chi connectivity index (χ4v) is 7.28. The summed E-state index contributed by atoms with van der Waals surface area (Å²) in [6, 6.07) is 9.21. The molecule has 3 unspecified atom stereocenters. The van der Waals surface area contributed by atoms with Crippen molar-refractivity contribution in [2.75, 3.05) is 0 Å². The van der Waals surface area contributed by atoms with E-state index in [1.165, 1.54) is 18.2 Å². The van der Waals surface area contributed by atoms with Crippen molar-refractivity contribution in [3.05, 3.63) is 29.8 Å². The fourth-order valence-electron chi connectivity index (χ4n) is 7.28. The number of benzene rings is 1. The molecule has 4 saturated heterocycles. The Morgan fingerprint density at radius 1 is 1.38 bits per heavy atom. The van der Waals surface area contributed by atoms with Gasteiger partial charge in [0.25, 0.3) is 0 Å². The highest BCUT2D eigenvalue weighted by Crippen LogP contribution is 2.67. The maximum atomic E-state index is 12.0. The molecular weight excluding hydrogens is 328 g/mol. The number of nitrogens with zero attached hydrogens (tertiary/aromatic N) is 2. The molecular formula is C21H22N2O3. The smallest absolute Gasteiger partial charge is 0.302 e. The van der Waals surface area contributed by atoms with E-state index in [0.29, 0.717) is 6.04 Å². The minimum atomic E-state index is -0.287. The average Bonchev–Trinajstić information content (AvgIpc) is 3.08. The van der Waals surface area contributed by atoms with Crippen molar-refractivity contribution in [3.8, 4) is 0 Å². The van der Waals surface area contributed by atoms with Gasteiger partial charge in [-0.15, -0.1) is 0 Å². The lowest BCUT2D eigenvalue weighted by molar-refractivity contribution is -0.159. The van der Waals surface area contributed by atoms with E-state index in [0.717, 1.165) is 24.8 Å². The number of aliphatic imine (C=N–C) groups is 1. The molecule has 0 aromatic heterocycles. The summed E-state index contributed by atoms with van der Waals surface area (Å²) in [5.74, 6) is 0.299. The molecule has 5 nitrogen and oxygen atoms in total. The average molecular weight is 350 g/mol. The van der Waals surface area contributed by atoms with Gasteiger partial charge in [0.05, 0.1) is 22.9 Å². The Balaban J connectivity index is 1.61. The van der Waals surface area contributed by atoms with E-state index in [9.17, 15) is 9.59 Å². The largest absolute Gasteiger partial charge is 0.461 e. The molecule has 6 aliphatic rings. The number of para-hydroxylation sites is 1. The maximum Gasteiger partial charge on any atom is 0.302 e. The molecule has 1 spiro atoms. The molecule has 134 valence electrons. The van der Waals surface area contributed by atoms with Crippen LogP contribution in [0.1, 0.15) is 32.3 Å². The second kappa shape index (κ2) is 4.63. The Hall–Kier alpha value is -2.01. The third kappa shape index (κ3) is 1.44. The minimum absolute atomic E-state index is 0.0235. The van der Waals surface area contributed by atoms with Gasteiger partial charge in [-0.05, 0) is 37.3 Å². The molecule has 1 saturated carbocycles. The van der Waals surface area contributed by atoms with Crippen LogP contribution in [0.2, 0.25) is 0 Å². The maximum absolute atomic E-state index is 12.0. The van der Waals surface area contributed by atoms with E-state index in [2.05, 4.69) is 30.0 Å². The summed E-state index contributed by atoms with van der Waals surface area (Å²) in [7, 11) is 0. The van der Waals surface area contributed by atoms with Crippen molar-refractivity contribution >= 4 is 23.7 Å². The SMILES string of the molecule is CC(=O)O[C@@H]1C2C3C[C@H]4C5=Nc6ccccc6[C@@]51C[C@@H]2N4[C@@H](C)[C@@H]3C=O. The van der Waals surface area contributed by atoms with Crippen LogP contribution < -0.4 is 0 Å². The Labute approximate surface area is 152 Å². The third-order valence-corrected chi connectivity index (χ3v) is 7.91. The van der Waals surface area contributed by atoms with Gasteiger partial charge in [-0.1, -0.05) is 18.2 Å². The summed E-state index contributed by atoms with van der Waals surface area (Å²) in [5.41, 5.74) is 3.15. The molecule has 5 heteroatoms.